The van der Waals surface area contributed by atoms with E-state index >= 15 is 0 Å². The summed E-state index contributed by atoms with van der Waals surface area (Å²) >= 11 is 0. The molecule has 0 bridgehead atoms. The van der Waals surface area contributed by atoms with Gasteiger partial charge >= 0.3 is 6.18 Å². The van der Waals surface area contributed by atoms with Crippen molar-refractivity contribution in [3.63, 3.8) is 0 Å². The van der Waals surface area contributed by atoms with Crippen LogP contribution in [0.1, 0.15) is 136 Å². The van der Waals surface area contributed by atoms with E-state index in [0.29, 0.717) is 0 Å². The second-order valence-corrected chi connectivity index (χ2v) is 15.6. The second-order valence-electron chi connectivity index (χ2n) is 11.5. The van der Waals surface area contributed by atoms with Crippen LogP contribution < -0.4 is 0 Å². The van der Waals surface area contributed by atoms with Gasteiger partial charge in [-0.2, -0.15) is 13.2 Å². The maximum Gasteiger partial charge on any atom is 0.423 e. The first kappa shape index (κ1) is 35.9. The average Bonchev–Trinajstić information content (AvgIpc) is 2.90. The monoisotopic (exact) mass is 574 g/mol. The standard InChI is InChI=1S/C32H57F3O3Si/c1-5-8-11-14-17-20-25-39(26-21-18-15-12-9-6-2,27-22-19-16-13-10-7-3)38-31(32(33,34)35)24-23-29(36)30(28-31)37-4/h23-24,28H,5-22,25-27H2,1-4H3. The zero-order valence-corrected chi connectivity index (χ0v) is 26.4. The average molecular weight is 575 g/mol. The van der Waals surface area contributed by atoms with Crippen molar-refractivity contribution in [3.05, 3.63) is 24.0 Å². The molecule has 0 fully saturated rings. The van der Waals surface area contributed by atoms with Crippen LogP contribution in [-0.2, 0) is 14.0 Å². The molecule has 0 aromatic carbocycles. The highest BCUT2D eigenvalue weighted by molar-refractivity contribution is 6.74. The van der Waals surface area contributed by atoms with Gasteiger partial charge in [0.1, 0.15) is 0 Å². The SMILES string of the molecule is CCCCCCCC[Si](CCCCCCCC)(CCCCCCCC)OC1(C(F)(F)F)C=CC(=O)C(OC)=C1. The first-order valence-electron chi connectivity index (χ1n) is 16.0. The molecule has 0 radical (unpaired) electrons. The van der Waals surface area contributed by atoms with Gasteiger partial charge in [0.05, 0.1) is 7.11 Å². The molecule has 39 heavy (non-hydrogen) atoms. The first-order chi connectivity index (χ1) is 18.7. The summed E-state index contributed by atoms with van der Waals surface area (Å²) in [6.07, 6.45) is 18.1. The molecule has 7 heteroatoms. The molecule has 0 spiro atoms. The van der Waals surface area contributed by atoms with E-state index in [1.54, 1.807) is 0 Å². The van der Waals surface area contributed by atoms with Crippen molar-refractivity contribution in [1.29, 1.82) is 0 Å². The molecule has 0 aromatic heterocycles. The number of carbonyl (C=O) groups excluding carboxylic acids is 1. The molecule has 1 unspecified atom stereocenters. The van der Waals surface area contributed by atoms with E-state index in [0.717, 1.165) is 94.1 Å². The lowest BCUT2D eigenvalue weighted by Gasteiger charge is -2.42. The Balaban J connectivity index is 3.22. The van der Waals surface area contributed by atoms with Crippen LogP contribution >= 0.6 is 0 Å². The quantitative estimate of drug-likeness (QED) is 0.0849. The Bertz CT molecular complexity index is 679. The van der Waals surface area contributed by atoms with Crippen LogP contribution in [0.15, 0.2) is 24.0 Å². The summed E-state index contributed by atoms with van der Waals surface area (Å²) < 4.78 is 55.9. The topological polar surface area (TPSA) is 35.5 Å². The van der Waals surface area contributed by atoms with Gasteiger partial charge in [-0.3, -0.25) is 4.79 Å². The predicted molar refractivity (Wildman–Crippen MR) is 159 cm³/mol. The Labute approximate surface area is 238 Å². The van der Waals surface area contributed by atoms with Crippen LogP contribution in [0.3, 0.4) is 0 Å². The molecular weight excluding hydrogens is 517 g/mol. The molecule has 0 aromatic rings. The Morgan fingerprint density at radius 1 is 0.692 bits per heavy atom. The molecule has 1 aliphatic rings. The van der Waals surface area contributed by atoms with Crippen molar-refractivity contribution in [3.8, 4) is 0 Å². The minimum Gasteiger partial charge on any atom is -0.493 e. The molecule has 0 saturated heterocycles. The predicted octanol–water partition coefficient (Wildman–Crippen LogP) is 11.0. The summed E-state index contributed by atoms with van der Waals surface area (Å²) in [5.74, 6) is -0.826. The van der Waals surface area contributed by atoms with Gasteiger partial charge < -0.3 is 9.16 Å². The lowest BCUT2D eigenvalue weighted by molar-refractivity contribution is -0.215. The van der Waals surface area contributed by atoms with E-state index in [1.807, 2.05) is 0 Å². The van der Waals surface area contributed by atoms with Gasteiger partial charge in [0, 0.05) is 6.08 Å². The summed E-state index contributed by atoms with van der Waals surface area (Å²) in [6, 6.07) is 2.25. The number of ether oxygens (including phenoxy) is 1. The summed E-state index contributed by atoms with van der Waals surface area (Å²) in [5.41, 5.74) is -2.59. The van der Waals surface area contributed by atoms with E-state index in [-0.39, 0.29) is 5.76 Å². The van der Waals surface area contributed by atoms with Gasteiger partial charge in [0.15, 0.2) is 19.7 Å². The van der Waals surface area contributed by atoms with Crippen molar-refractivity contribution in [2.45, 2.75) is 166 Å². The molecule has 0 N–H and O–H groups in total. The molecule has 0 saturated carbocycles. The molecule has 1 aliphatic carbocycles. The van der Waals surface area contributed by atoms with Crippen LogP contribution in [0.5, 0.6) is 0 Å². The Hall–Kier alpha value is -1.08. The van der Waals surface area contributed by atoms with E-state index in [4.69, 9.17) is 9.16 Å². The number of hydrogen-bond donors (Lipinski definition) is 0. The lowest BCUT2D eigenvalue weighted by Crippen LogP contribution is -2.55. The highest BCUT2D eigenvalue weighted by Crippen LogP contribution is 2.45. The van der Waals surface area contributed by atoms with Crippen LogP contribution in [0, 0.1) is 0 Å². The fourth-order valence-electron chi connectivity index (χ4n) is 5.62. The van der Waals surface area contributed by atoms with E-state index in [2.05, 4.69) is 20.8 Å². The van der Waals surface area contributed by atoms with Crippen molar-refractivity contribution in [2.75, 3.05) is 7.11 Å². The van der Waals surface area contributed by atoms with Gasteiger partial charge in [-0.05, 0) is 30.3 Å². The molecule has 3 nitrogen and oxygen atoms in total. The largest absolute Gasteiger partial charge is 0.493 e. The minimum absolute atomic E-state index is 0.281. The molecule has 0 heterocycles. The summed E-state index contributed by atoms with van der Waals surface area (Å²) in [5, 5.41) is 0. The summed E-state index contributed by atoms with van der Waals surface area (Å²) in [6.45, 7) is 6.56. The van der Waals surface area contributed by atoms with Gasteiger partial charge in [0.25, 0.3) is 0 Å². The zero-order chi connectivity index (χ0) is 29.0. The van der Waals surface area contributed by atoms with Crippen LogP contribution in [0.2, 0.25) is 18.1 Å². The smallest absolute Gasteiger partial charge is 0.423 e. The number of methoxy groups -OCH3 is 1. The van der Waals surface area contributed by atoms with Crippen molar-refractivity contribution >= 4 is 14.1 Å². The van der Waals surface area contributed by atoms with E-state index in [1.165, 1.54) is 64.9 Å². The third-order valence-corrected chi connectivity index (χ3v) is 12.6. The van der Waals surface area contributed by atoms with Gasteiger partial charge in [0.2, 0.25) is 5.78 Å². The number of allylic oxidation sites excluding steroid dienone is 1. The summed E-state index contributed by atoms with van der Waals surface area (Å²) in [7, 11) is -1.57. The molecule has 1 rings (SSSR count). The number of halogens is 3. The van der Waals surface area contributed by atoms with Crippen LogP contribution in [-0.4, -0.2) is 33.0 Å². The fourth-order valence-corrected chi connectivity index (χ4v) is 10.3. The molecule has 0 amide bonds. The number of ketones is 1. The van der Waals surface area contributed by atoms with Crippen molar-refractivity contribution in [1.82, 2.24) is 0 Å². The Kier molecular flexibility index (Phi) is 18.3. The number of rotatable bonds is 24. The van der Waals surface area contributed by atoms with Gasteiger partial charge in [-0.1, -0.05) is 136 Å². The molecule has 1 atom stereocenters. The highest BCUT2D eigenvalue weighted by atomic mass is 28.4. The first-order valence-corrected chi connectivity index (χ1v) is 18.5. The van der Waals surface area contributed by atoms with Crippen LogP contribution in [0.25, 0.3) is 0 Å². The Morgan fingerprint density at radius 3 is 1.44 bits per heavy atom. The third-order valence-electron chi connectivity index (χ3n) is 8.08. The zero-order valence-electron chi connectivity index (χ0n) is 25.4. The fraction of sp³-hybridized carbons (Fsp3) is 0.844. The number of carbonyl (C=O) groups is 1. The maximum atomic E-state index is 14.8. The van der Waals surface area contributed by atoms with E-state index in [9.17, 15) is 18.0 Å². The number of alkyl halides is 3. The molecule has 0 aliphatic heterocycles. The normalized spacial score (nSPS) is 18.0. The number of hydrogen-bond acceptors (Lipinski definition) is 3. The van der Waals surface area contributed by atoms with Crippen LogP contribution in [0.4, 0.5) is 13.2 Å². The maximum absolute atomic E-state index is 14.8. The second kappa shape index (κ2) is 19.9. The molecular formula is C32H57F3O3Si. The molecule has 228 valence electrons. The van der Waals surface area contributed by atoms with Crippen molar-refractivity contribution in [2.24, 2.45) is 0 Å². The van der Waals surface area contributed by atoms with Crippen molar-refractivity contribution < 1.29 is 27.1 Å². The van der Waals surface area contributed by atoms with Gasteiger partial charge in [-0.25, -0.2) is 0 Å². The lowest BCUT2D eigenvalue weighted by atomic mass is 9.96. The number of unbranched alkanes of at least 4 members (excludes halogenated alkanes) is 15. The summed E-state index contributed by atoms with van der Waals surface area (Å²) in [4.78, 5) is 12.2. The third kappa shape index (κ3) is 13.4. The Morgan fingerprint density at radius 2 is 1.08 bits per heavy atom. The highest BCUT2D eigenvalue weighted by Gasteiger charge is 2.58. The van der Waals surface area contributed by atoms with Gasteiger partial charge in [-0.15, -0.1) is 0 Å². The van der Waals surface area contributed by atoms with E-state index < -0.39 is 25.9 Å². The minimum atomic E-state index is -4.67.